The van der Waals surface area contributed by atoms with Crippen molar-refractivity contribution in [1.82, 2.24) is 14.8 Å². The number of nitrogens with zero attached hydrogens (tertiary/aromatic N) is 2. The maximum Gasteiger partial charge on any atom is 0.227 e. The van der Waals surface area contributed by atoms with Gasteiger partial charge in [-0.25, -0.2) is 0 Å². The molecule has 1 aliphatic rings. The lowest BCUT2D eigenvalue weighted by Crippen LogP contribution is -2.40. The molecule has 0 aliphatic carbocycles. The zero-order chi connectivity index (χ0) is 18.5. The summed E-state index contributed by atoms with van der Waals surface area (Å²) in [6.07, 6.45) is 3.98. The average Bonchev–Trinajstić information content (AvgIpc) is 3.05. The number of carbonyl (C=O) groups is 1. The minimum atomic E-state index is 0. The Balaban J connectivity index is 0.00000261. The minimum Gasteiger partial charge on any atom is -0.346 e. The average molecular weight is 393 g/mol. The lowest BCUT2D eigenvalue weighted by Gasteiger charge is -2.27. The van der Waals surface area contributed by atoms with E-state index in [0.717, 1.165) is 51.3 Å². The van der Waals surface area contributed by atoms with Crippen molar-refractivity contribution in [2.75, 3.05) is 31.5 Å². The predicted molar refractivity (Wildman–Crippen MR) is 116 cm³/mol. The molecule has 1 aromatic carbocycles. The second kappa shape index (κ2) is 10.1. The predicted octanol–water partition coefficient (Wildman–Crippen LogP) is 3.73. The first-order chi connectivity index (χ1) is 12.6. The molecule has 0 spiro atoms. The molecular formula is C21H33ClN4O. The van der Waals surface area contributed by atoms with Crippen molar-refractivity contribution >= 4 is 34.9 Å². The van der Waals surface area contributed by atoms with E-state index in [-0.39, 0.29) is 24.2 Å². The zero-order valence-electron chi connectivity index (χ0n) is 16.7. The number of anilines is 1. The maximum atomic E-state index is 12.5. The molecule has 150 valence electrons. The molecule has 2 heterocycles. The number of amides is 1. The molecule has 5 nitrogen and oxygen atoms in total. The second-order valence-electron chi connectivity index (χ2n) is 7.38. The van der Waals surface area contributed by atoms with E-state index in [0.29, 0.717) is 6.04 Å². The van der Waals surface area contributed by atoms with Crippen molar-refractivity contribution in [1.29, 1.82) is 0 Å². The van der Waals surface area contributed by atoms with E-state index in [1.807, 2.05) is 6.07 Å². The molecule has 1 aliphatic heterocycles. The van der Waals surface area contributed by atoms with Gasteiger partial charge in [0.05, 0.1) is 0 Å². The van der Waals surface area contributed by atoms with Crippen LogP contribution in [0.4, 0.5) is 5.69 Å². The van der Waals surface area contributed by atoms with Gasteiger partial charge in [0.2, 0.25) is 5.91 Å². The molecule has 0 saturated carbocycles. The van der Waals surface area contributed by atoms with Crippen molar-refractivity contribution in [3.63, 3.8) is 0 Å². The van der Waals surface area contributed by atoms with E-state index in [9.17, 15) is 4.79 Å². The van der Waals surface area contributed by atoms with Crippen LogP contribution in [0.15, 0.2) is 30.5 Å². The standard InChI is InChI=1S/C21H32N4O.ClH/c1-4-24(5-2)12-13-25-11-9-17-15-19(6-7-20(17)25)23-21(26)18-8-10-22-16(3)14-18;/h6-7,9,11,15-16,18,22H,4-5,8,10,12-14H2,1-3H3,(H,23,26);1H/t16-,18-;/m0./s1. The molecule has 0 bridgehead atoms. The van der Waals surface area contributed by atoms with Crippen LogP contribution in [0.2, 0.25) is 0 Å². The van der Waals surface area contributed by atoms with E-state index in [4.69, 9.17) is 0 Å². The van der Waals surface area contributed by atoms with Crippen molar-refractivity contribution in [2.45, 2.75) is 46.2 Å². The number of nitrogens with one attached hydrogen (secondary N) is 2. The molecule has 1 aromatic heterocycles. The Labute approximate surface area is 168 Å². The molecule has 6 heteroatoms. The summed E-state index contributed by atoms with van der Waals surface area (Å²) in [5, 5.41) is 7.70. The van der Waals surface area contributed by atoms with E-state index in [1.54, 1.807) is 0 Å². The summed E-state index contributed by atoms with van der Waals surface area (Å²) >= 11 is 0. The summed E-state index contributed by atoms with van der Waals surface area (Å²) in [5.74, 6) is 0.263. The molecule has 27 heavy (non-hydrogen) atoms. The fourth-order valence-electron chi connectivity index (χ4n) is 3.88. The van der Waals surface area contributed by atoms with Crippen molar-refractivity contribution in [3.8, 4) is 0 Å². The Hall–Kier alpha value is -1.56. The number of hydrogen-bond donors (Lipinski definition) is 2. The van der Waals surface area contributed by atoms with Gasteiger partial charge < -0.3 is 20.1 Å². The fraction of sp³-hybridized carbons (Fsp3) is 0.571. The van der Waals surface area contributed by atoms with Crippen LogP contribution < -0.4 is 10.6 Å². The van der Waals surface area contributed by atoms with Gasteiger partial charge in [0.15, 0.2) is 0 Å². The highest BCUT2D eigenvalue weighted by molar-refractivity contribution is 5.95. The van der Waals surface area contributed by atoms with Gasteiger partial charge in [-0.1, -0.05) is 13.8 Å². The monoisotopic (exact) mass is 392 g/mol. The van der Waals surface area contributed by atoms with Crippen LogP contribution in [0.25, 0.3) is 10.9 Å². The SMILES string of the molecule is CCN(CC)CCn1ccc2cc(NC(=O)[C@H]3CCN[C@@H](C)C3)ccc21.Cl. The van der Waals surface area contributed by atoms with Crippen LogP contribution in [0.3, 0.4) is 0 Å². The molecule has 2 atom stereocenters. The van der Waals surface area contributed by atoms with Crippen LogP contribution in [0.5, 0.6) is 0 Å². The van der Waals surface area contributed by atoms with E-state index in [1.165, 1.54) is 10.9 Å². The van der Waals surface area contributed by atoms with Crippen LogP contribution in [-0.2, 0) is 11.3 Å². The number of hydrogen-bond acceptors (Lipinski definition) is 3. The third-order valence-electron chi connectivity index (χ3n) is 5.58. The molecule has 1 amide bonds. The van der Waals surface area contributed by atoms with Crippen molar-refractivity contribution < 1.29 is 4.79 Å². The highest BCUT2D eigenvalue weighted by Gasteiger charge is 2.24. The number of benzene rings is 1. The number of halogens is 1. The van der Waals surface area contributed by atoms with Crippen LogP contribution >= 0.6 is 12.4 Å². The fourth-order valence-corrected chi connectivity index (χ4v) is 3.88. The van der Waals surface area contributed by atoms with Crippen LogP contribution in [0, 0.1) is 5.92 Å². The number of carbonyl (C=O) groups excluding carboxylic acids is 1. The first-order valence-corrected chi connectivity index (χ1v) is 9.96. The molecular weight excluding hydrogens is 360 g/mol. The summed E-state index contributed by atoms with van der Waals surface area (Å²) in [5.41, 5.74) is 2.13. The second-order valence-corrected chi connectivity index (χ2v) is 7.38. The number of aromatic nitrogens is 1. The molecule has 0 radical (unpaired) electrons. The van der Waals surface area contributed by atoms with Crippen LogP contribution in [0.1, 0.15) is 33.6 Å². The Bertz CT molecular complexity index is 741. The molecule has 3 rings (SSSR count). The van der Waals surface area contributed by atoms with Gasteiger partial charge in [0, 0.05) is 47.8 Å². The van der Waals surface area contributed by atoms with Gasteiger partial charge in [0.1, 0.15) is 0 Å². The third kappa shape index (κ3) is 5.47. The van der Waals surface area contributed by atoms with Crippen LogP contribution in [-0.4, -0.2) is 47.6 Å². The Morgan fingerprint density at radius 3 is 2.78 bits per heavy atom. The zero-order valence-corrected chi connectivity index (χ0v) is 17.5. The Kier molecular flexibility index (Phi) is 8.14. The number of likely N-dealkylation sites (N-methyl/N-ethyl adjacent to an activating group) is 1. The Morgan fingerprint density at radius 2 is 2.07 bits per heavy atom. The molecule has 1 saturated heterocycles. The largest absolute Gasteiger partial charge is 0.346 e. The van der Waals surface area contributed by atoms with Gasteiger partial charge in [-0.05, 0) is 63.7 Å². The lowest BCUT2D eigenvalue weighted by molar-refractivity contribution is -0.120. The highest BCUT2D eigenvalue weighted by Crippen LogP contribution is 2.23. The van der Waals surface area contributed by atoms with E-state index >= 15 is 0 Å². The Morgan fingerprint density at radius 1 is 1.30 bits per heavy atom. The summed E-state index contributed by atoms with van der Waals surface area (Å²) in [4.78, 5) is 15.0. The van der Waals surface area contributed by atoms with E-state index in [2.05, 4.69) is 65.3 Å². The lowest BCUT2D eigenvalue weighted by atomic mass is 9.92. The highest BCUT2D eigenvalue weighted by atomic mass is 35.5. The normalized spacial score (nSPS) is 19.9. The minimum absolute atomic E-state index is 0. The van der Waals surface area contributed by atoms with Gasteiger partial charge in [0.25, 0.3) is 0 Å². The smallest absolute Gasteiger partial charge is 0.227 e. The number of rotatable bonds is 7. The number of piperidine rings is 1. The summed E-state index contributed by atoms with van der Waals surface area (Å²) in [7, 11) is 0. The summed E-state index contributed by atoms with van der Waals surface area (Å²) < 4.78 is 2.30. The number of fused-ring (bicyclic) bond motifs is 1. The van der Waals surface area contributed by atoms with Crippen molar-refractivity contribution in [3.05, 3.63) is 30.5 Å². The maximum absolute atomic E-state index is 12.5. The summed E-state index contributed by atoms with van der Waals surface area (Å²) in [6, 6.07) is 8.80. The molecule has 2 N–H and O–H groups in total. The first-order valence-electron chi connectivity index (χ1n) is 9.96. The van der Waals surface area contributed by atoms with Gasteiger partial charge >= 0.3 is 0 Å². The van der Waals surface area contributed by atoms with Crippen molar-refractivity contribution in [2.24, 2.45) is 5.92 Å². The quantitative estimate of drug-likeness (QED) is 0.754. The first kappa shape index (κ1) is 21.7. The van der Waals surface area contributed by atoms with Gasteiger partial charge in [-0.15, -0.1) is 12.4 Å². The van der Waals surface area contributed by atoms with Gasteiger partial charge in [-0.2, -0.15) is 0 Å². The molecule has 2 aromatic rings. The van der Waals surface area contributed by atoms with Gasteiger partial charge in [-0.3, -0.25) is 4.79 Å². The molecule has 0 unspecified atom stereocenters. The summed E-state index contributed by atoms with van der Waals surface area (Å²) in [6.45, 7) is 11.7. The topological polar surface area (TPSA) is 49.3 Å². The van der Waals surface area contributed by atoms with E-state index < -0.39 is 0 Å². The third-order valence-corrected chi connectivity index (χ3v) is 5.58. The molecule has 1 fully saturated rings.